The molecule has 0 atom stereocenters. The third kappa shape index (κ3) is 5.15. The Morgan fingerprint density at radius 3 is 2.71 bits per heavy atom. The first-order chi connectivity index (χ1) is 14.8. The van der Waals surface area contributed by atoms with Crippen LogP contribution >= 0.6 is 0 Å². The van der Waals surface area contributed by atoms with Crippen LogP contribution in [0.3, 0.4) is 0 Å². The van der Waals surface area contributed by atoms with Gasteiger partial charge in [0, 0.05) is 43.1 Å². The molecule has 1 aromatic carbocycles. The van der Waals surface area contributed by atoms with Crippen molar-refractivity contribution >= 4 is 22.8 Å². The van der Waals surface area contributed by atoms with E-state index < -0.39 is 18.6 Å². The molecule has 9 heteroatoms. The molecule has 0 spiro atoms. The highest BCUT2D eigenvalue weighted by Crippen LogP contribution is 2.33. The van der Waals surface area contributed by atoms with Gasteiger partial charge in [0.2, 0.25) is 0 Å². The van der Waals surface area contributed by atoms with Crippen molar-refractivity contribution in [3.05, 3.63) is 42.4 Å². The van der Waals surface area contributed by atoms with Crippen LogP contribution in [0.2, 0.25) is 0 Å². The first kappa shape index (κ1) is 21.1. The molecule has 0 unspecified atom stereocenters. The van der Waals surface area contributed by atoms with Crippen LogP contribution < -0.4 is 4.90 Å². The second-order valence-corrected chi connectivity index (χ2v) is 7.85. The van der Waals surface area contributed by atoms with Gasteiger partial charge >= 0.3 is 12.1 Å². The number of anilines is 1. The van der Waals surface area contributed by atoms with Crippen molar-refractivity contribution in [3.63, 3.8) is 0 Å². The van der Waals surface area contributed by atoms with E-state index in [-0.39, 0.29) is 24.5 Å². The molecule has 1 aliphatic rings. The molecule has 2 aromatic heterocycles. The van der Waals surface area contributed by atoms with E-state index in [4.69, 9.17) is 9.52 Å². The quantitative estimate of drug-likeness (QED) is 0.584. The number of benzene rings is 1. The number of aliphatic carboxylic acids is 1. The summed E-state index contributed by atoms with van der Waals surface area (Å²) in [4.78, 5) is 22.0. The van der Waals surface area contributed by atoms with Crippen LogP contribution in [0, 0.1) is 5.92 Å². The Morgan fingerprint density at radius 1 is 1.23 bits per heavy atom. The number of carboxylic acid groups (broad SMARTS) is 1. The van der Waals surface area contributed by atoms with E-state index in [1.807, 2.05) is 29.2 Å². The number of rotatable bonds is 6. The number of halogens is 3. The van der Waals surface area contributed by atoms with Gasteiger partial charge in [-0.3, -0.25) is 9.78 Å². The molecule has 31 heavy (non-hydrogen) atoms. The topological polar surface area (TPSA) is 79.5 Å². The van der Waals surface area contributed by atoms with E-state index >= 15 is 0 Å². The number of nitrogens with zero attached hydrogens (tertiary/aromatic N) is 3. The fourth-order valence-electron chi connectivity index (χ4n) is 3.94. The molecule has 3 aromatic rings. The van der Waals surface area contributed by atoms with Crippen LogP contribution in [0.25, 0.3) is 22.2 Å². The van der Waals surface area contributed by atoms with Gasteiger partial charge in [0.1, 0.15) is 11.3 Å². The number of furan rings is 1. The Bertz CT molecular complexity index is 1070. The number of carbonyl (C=O) groups is 1. The van der Waals surface area contributed by atoms with Gasteiger partial charge in [-0.2, -0.15) is 13.2 Å². The highest BCUT2D eigenvalue weighted by Gasteiger charge is 2.28. The predicted molar refractivity (Wildman–Crippen MR) is 109 cm³/mol. The molecule has 1 fully saturated rings. The molecule has 164 valence electrons. The number of fused-ring (bicyclic) bond motifs is 1. The Balaban J connectivity index is 1.64. The van der Waals surface area contributed by atoms with E-state index in [9.17, 15) is 18.0 Å². The van der Waals surface area contributed by atoms with Gasteiger partial charge in [-0.1, -0.05) is 0 Å². The third-order valence-electron chi connectivity index (χ3n) is 5.57. The summed E-state index contributed by atoms with van der Waals surface area (Å²) in [6.07, 6.45) is -0.975. The monoisotopic (exact) mass is 433 g/mol. The molecule has 6 nitrogen and oxygen atoms in total. The van der Waals surface area contributed by atoms with Gasteiger partial charge in [-0.15, -0.1) is 0 Å². The van der Waals surface area contributed by atoms with Crippen LogP contribution in [0.1, 0.15) is 31.4 Å². The second-order valence-electron chi connectivity index (χ2n) is 7.85. The number of alkyl halides is 3. The first-order valence-corrected chi connectivity index (χ1v) is 10.2. The molecule has 1 N–H and O–H groups in total. The summed E-state index contributed by atoms with van der Waals surface area (Å²) in [7, 11) is 0. The lowest BCUT2D eigenvalue weighted by atomic mass is 9.93. The van der Waals surface area contributed by atoms with Gasteiger partial charge in [-0.05, 0) is 49.4 Å². The summed E-state index contributed by atoms with van der Waals surface area (Å²) in [5, 5.41) is 9.93. The first-order valence-electron chi connectivity index (χ1n) is 10.2. The number of carboxylic acids is 1. The summed E-state index contributed by atoms with van der Waals surface area (Å²) in [5.41, 5.74) is 2.41. The summed E-state index contributed by atoms with van der Waals surface area (Å²) in [6, 6.07) is 7.43. The van der Waals surface area contributed by atoms with Crippen LogP contribution in [0.5, 0.6) is 0 Å². The van der Waals surface area contributed by atoms with E-state index in [1.165, 1.54) is 6.20 Å². The van der Waals surface area contributed by atoms with Crippen LogP contribution in [0.15, 0.2) is 41.1 Å². The maximum Gasteiger partial charge on any atom is 0.389 e. The second kappa shape index (κ2) is 8.56. The zero-order chi connectivity index (χ0) is 22.0. The molecular formula is C22H22F3N3O3. The van der Waals surface area contributed by atoms with Crippen LogP contribution in [0.4, 0.5) is 19.0 Å². The lowest BCUT2D eigenvalue weighted by Gasteiger charge is -2.33. The third-order valence-corrected chi connectivity index (χ3v) is 5.57. The molecule has 4 rings (SSSR count). The number of hydrogen-bond acceptors (Lipinski definition) is 5. The van der Waals surface area contributed by atoms with Crippen molar-refractivity contribution in [1.82, 2.24) is 9.97 Å². The Hall–Kier alpha value is -3.10. The number of piperidine rings is 1. The number of aryl methyl sites for hydroxylation is 1. The minimum absolute atomic E-state index is 0.0841. The zero-order valence-electron chi connectivity index (χ0n) is 16.7. The Labute approximate surface area is 176 Å². The SMILES string of the molecule is O=C(O)CC1CCN(c2nc(CCC(F)(F)F)cnc2-c2ccc3occc3c2)CC1. The lowest BCUT2D eigenvalue weighted by Crippen LogP contribution is -2.35. The van der Waals surface area contributed by atoms with E-state index in [2.05, 4.69) is 9.97 Å². The fraction of sp³-hybridized carbons (Fsp3) is 0.409. The van der Waals surface area contributed by atoms with Gasteiger partial charge in [0.25, 0.3) is 0 Å². The molecule has 0 aliphatic carbocycles. The van der Waals surface area contributed by atoms with Crippen molar-refractivity contribution in [2.45, 2.75) is 38.3 Å². The summed E-state index contributed by atoms with van der Waals surface area (Å²) in [6.45, 7) is 1.16. The van der Waals surface area contributed by atoms with Crippen molar-refractivity contribution in [1.29, 1.82) is 0 Å². The average Bonchev–Trinajstić information content (AvgIpc) is 3.19. The fourth-order valence-corrected chi connectivity index (χ4v) is 3.94. The Kier molecular flexibility index (Phi) is 5.84. The molecule has 0 bridgehead atoms. The normalized spacial score (nSPS) is 15.5. The van der Waals surface area contributed by atoms with Gasteiger partial charge < -0.3 is 14.4 Å². The van der Waals surface area contributed by atoms with Crippen LogP contribution in [-0.4, -0.2) is 40.3 Å². The van der Waals surface area contributed by atoms with Gasteiger partial charge in [0.05, 0.1) is 12.0 Å². The van der Waals surface area contributed by atoms with E-state index in [0.717, 1.165) is 16.5 Å². The number of aromatic nitrogens is 2. The molecule has 1 aliphatic heterocycles. The van der Waals surface area contributed by atoms with Gasteiger partial charge in [0.15, 0.2) is 5.82 Å². The predicted octanol–water partition coefficient (Wildman–Crippen LogP) is 5.08. The largest absolute Gasteiger partial charge is 0.481 e. The highest BCUT2D eigenvalue weighted by molar-refractivity contribution is 5.85. The van der Waals surface area contributed by atoms with E-state index in [1.54, 1.807) is 6.26 Å². The summed E-state index contributed by atoms with van der Waals surface area (Å²) in [5.74, 6) is -0.196. The highest BCUT2D eigenvalue weighted by atomic mass is 19.4. The average molecular weight is 433 g/mol. The van der Waals surface area contributed by atoms with Crippen molar-refractivity contribution in [2.24, 2.45) is 5.92 Å². The maximum absolute atomic E-state index is 12.7. The zero-order valence-corrected chi connectivity index (χ0v) is 16.7. The van der Waals surface area contributed by atoms with Crippen molar-refractivity contribution in [2.75, 3.05) is 18.0 Å². The molecule has 0 saturated carbocycles. The van der Waals surface area contributed by atoms with Crippen molar-refractivity contribution < 1.29 is 27.5 Å². The maximum atomic E-state index is 12.7. The summed E-state index contributed by atoms with van der Waals surface area (Å²) < 4.78 is 43.5. The molecule has 0 amide bonds. The molecular weight excluding hydrogens is 411 g/mol. The van der Waals surface area contributed by atoms with Crippen LogP contribution in [-0.2, 0) is 11.2 Å². The van der Waals surface area contributed by atoms with Crippen molar-refractivity contribution in [3.8, 4) is 11.3 Å². The molecule has 1 saturated heterocycles. The minimum Gasteiger partial charge on any atom is -0.481 e. The smallest absolute Gasteiger partial charge is 0.389 e. The summed E-state index contributed by atoms with van der Waals surface area (Å²) >= 11 is 0. The number of hydrogen-bond donors (Lipinski definition) is 1. The van der Waals surface area contributed by atoms with Gasteiger partial charge in [-0.25, -0.2) is 4.98 Å². The standard InChI is InChI=1S/C22H22F3N3O3/c23-22(24,25)7-3-17-13-26-20(16-1-2-18-15(12-16)6-10-31-18)21(27-17)28-8-4-14(5-9-28)11-19(29)30/h1-2,6,10,12-14H,3-5,7-9,11H2,(H,29,30). The Morgan fingerprint density at radius 2 is 2.00 bits per heavy atom. The molecule has 3 heterocycles. The minimum atomic E-state index is -4.26. The molecule has 0 radical (unpaired) electrons. The lowest BCUT2D eigenvalue weighted by molar-refractivity contribution is -0.138. The van der Waals surface area contributed by atoms with E-state index in [0.29, 0.717) is 37.4 Å².